The van der Waals surface area contributed by atoms with Crippen LogP contribution in [0.1, 0.15) is 15.9 Å². The highest BCUT2D eigenvalue weighted by Crippen LogP contribution is 2.32. The number of carbonyl (C=O) groups excluding carboxylic acids is 1. The molecule has 5 aromatic rings. The molecule has 1 fully saturated rings. The average molecular weight is 493 g/mol. The molecule has 0 aliphatic carbocycles. The van der Waals surface area contributed by atoms with Crippen LogP contribution < -0.4 is 4.90 Å². The molecule has 0 saturated carbocycles. The number of nitrogens with zero attached hydrogens (tertiary/aromatic N) is 10. The van der Waals surface area contributed by atoms with Crippen molar-refractivity contribution < 1.29 is 4.79 Å². The molecule has 0 N–H and O–H groups in total. The van der Waals surface area contributed by atoms with Gasteiger partial charge in [-0.25, -0.2) is 9.50 Å². The maximum absolute atomic E-state index is 12.7. The van der Waals surface area contributed by atoms with Crippen molar-refractivity contribution in [3.8, 4) is 28.3 Å². The van der Waals surface area contributed by atoms with Crippen molar-refractivity contribution in [1.82, 2.24) is 39.1 Å². The molecule has 1 amide bonds. The lowest BCUT2D eigenvalue weighted by Gasteiger charge is -2.35. The Morgan fingerprint density at radius 2 is 1.65 bits per heavy atom. The fourth-order valence-corrected chi connectivity index (χ4v) is 4.74. The Hall–Kier alpha value is -4.98. The number of amides is 1. The maximum Gasteiger partial charge on any atom is 0.257 e. The molecule has 1 aliphatic heterocycles. The summed E-state index contributed by atoms with van der Waals surface area (Å²) in [5.41, 5.74) is 5.53. The van der Waals surface area contributed by atoms with Gasteiger partial charge in [0.25, 0.3) is 5.91 Å². The molecule has 184 valence electrons. The van der Waals surface area contributed by atoms with Crippen LogP contribution in [0.15, 0.2) is 61.6 Å². The highest BCUT2D eigenvalue weighted by Gasteiger charge is 2.24. The number of pyridine rings is 2. The molecule has 0 unspecified atom stereocenters. The maximum atomic E-state index is 12.7. The van der Waals surface area contributed by atoms with Crippen LogP contribution in [0.25, 0.3) is 27.8 Å². The number of nitriles is 1. The first-order valence-corrected chi connectivity index (χ1v) is 11.9. The van der Waals surface area contributed by atoms with Crippen LogP contribution in [0.3, 0.4) is 0 Å². The van der Waals surface area contributed by atoms with Gasteiger partial charge < -0.3 is 9.80 Å². The van der Waals surface area contributed by atoms with E-state index in [9.17, 15) is 10.1 Å². The zero-order valence-electron chi connectivity index (χ0n) is 20.5. The molecule has 1 aliphatic rings. The van der Waals surface area contributed by atoms with Crippen molar-refractivity contribution >= 4 is 17.2 Å². The Balaban J connectivity index is 1.25. The quantitative estimate of drug-likeness (QED) is 0.378. The first-order chi connectivity index (χ1) is 18.0. The monoisotopic (exact) mass is 492 g/mol. The molecule has 5 aromatic heterocycles. The first kappa shape index (κ1) is 22.5. The van der Waals surface area contributed by atoms with Crippen LogP contribution in [-0.4, -0.2) is 71.1 Å². The van der Waals surface area contributed by atoms with Crippen molar-refractivity contribution in [3.63, 3.8) is 0 Å². The summed E-state index contributed by atoms with van der Waals surface area (Å²) in [6, 6.07) is 8.31. The molecule has 0 bridgehead atoms. The van der Waals surface area contributed by atoms with Crippen molar-refractivity contribution in [2.24, 2.45) is 14.1 Å². The Kier molecular flexibility index (Phi) is 5.41. The van der Waals surface area contributed by atoms with Crippen molar-refractivity contribution in [1.29, 1.82) is 5.26 Å². The Morgan fingerprint density at radius 1 is 0.865 bits per heavy atom. The second kappa shape index (κ2) is 8.91. The number of hydrogen-bond donors (Lipinski definition) is 0. The highest BCUT2D eigenvalue weighted by atomic mass is 16.2. The van der Waals surface area contributed by atoms with Crippen LogP contribution in [0.5, 0.6) is 0 Å². The van der Waals surface area contributed by atoms with Gasteiger partial charge in [0.2, 0.25) is 0 Å². The fraction of sp³-hybridized carbons (Fsp3) is 0.231. The third-order valence-corrected chi connectivity index (χ3v) is 6.67. The van der Waals surface area contributed by atoms with E-state index >= 15 is 0 Å². The van der Waals surface area contributed by atoms with E-state index in [-0.39, 0.29) is 5.91 Å². The summed E-state index contributed by atoms with van der Waals surface area (Å²) >= 11 is 0. The largest absolute Gasteiger partial charge is 0.353 e. The fourth-order valence-electron chi connectivity index (χ4n) is 4.74. The number of aromatic nitrogens is 7. The number of carbonyl (C=O) groups is 1. The van der Waals surface area contributed by atoms with Crippen LogP contribution in [0, 0.1) is 11.3 Å². The molecule has 11 heteroatoms. The first-order valence-electron chi connectivity index (χ1n) is 11.9. The third-order valence-electron chi connectivity index (χ3n) is 6.67. The number of aryl methyl sites for hydroxylation is 2. The molecule has 0 radical (unpaired) electrons. The van der Waals surface area contributed by atoms with Crippen molar-refractivity contribution in [2.75, 3.05) is 31.1 Å². The van der Waals surface area contributed by atoms with Gasteiger partial charge >= 0.3 is 0 Å². The molecular formula is C26H24N10O. The van der Waals surface area contributed by atoms with E-state index in [0.29, 0.717) is 37.3 Å². The lowest BCUT2D eigenvalue weighted by molar-refractivity contribution is 0.0746. The summed E-state index contributed by atoms with van der Waals surface area (Å²) in [7, 11) is 3.68. The lowest BCUT2D eigenvalue weighted by Crippen LogP contribution is -2.49. The van der Waals surface area contributed by atoms with Crippen molar-refractivity contribution in [3.05, 3.63) is 72.7 Å². The summed E-state index contributed by atoms with van der Waals surface area (Å²) in [4.78, 5) is 21.5. The van der Waals surface area contributed by atoms with E-state index in [1.54, 1.807) is 45.7 Å². The van der Waals surface area contributed by atoms with Crippen LogP contribution in [-0.2, 0) is 14.1 Å². The van der Waals surface area contributed by atoms with Gasteiger partial charge in [0.1, 0.15) is 11.9 Å². The van der Waals surface area contributed by atoms with E-state index in [1.807, 2.05) is 48.7 Å². The minimum Gasteiger partial charge on any atom is -0.353 e. The van der Waals surface area contributed by atoms with Crippen LogP contribution in [0.2, 0.25) is 0 Å². The van der Waals surface area contributed by atoms with Crippen molar-refractivity contribution in [2.45, 2.75) is 0 Å². The average Bonchev–Trinajstić information content (AvgIpc) is 3.67. The highest BCUT2D eigenvalue weighted by molar-refractivity contribution is 5.94. The van der Waals surface area contributed by atoms with Gasteiger partial charge in [-0.3, -0.25) is 14.2 Å². The number of rotatable bonds is 4. The van der Waals surface area contributed by atoms with Gasteiger partial charge in [-0.1, -0.05) is 0 Å². The second-order valence-electron chi connectivity index (χ2n) is 9.10. The number of piperazine rings is 1. The van der Waals surface area contributed by atoms with E-state index in [4.69, 9.17) is 4.98 Å². The lowest BCUT2D eigenvalue weighted by atomic mass is 10.0. The number of anilines is 1. The molecule has 37 heavy (non-hydrogen) atoms. The molecule has 0 atom stereocenters. The zero-order chi connectivity index (χ0) is 25.5. The van der Waals surface area contributed by atoms with Gasteiger partial charge in [-0.2, -0.15) is 20.6 Å². The normalized spacial score (nSPS) is 13.8. The SMILES string of the molecule is Cn1cc(C(=O)N2CCN(c3ccc(-c4cc(-c5cnn(C)c5)cn5ncc(C#N)c45)cn3)CC2)cn1. The molecule has 0 aromatic carbocycles. The molecule has 6 rings (SSSR count). The summed E-state index contributed by atoms with van der Waals surface area (Å²) in [6.07, 6.45) is 12.4. The predicted octanol–water partition coefficient (Wildman–Crippen LogP) is 2.36. The molecule has 6 heterocycles. The van der Waals surface area contributed by atoms with Gasteiger partial charge in [0.15, 0.2) is 0 Å². The second-order valence-corrected chi connectivity index (χ2v) is 9.10. The molecule has 0 spiro atoms. The zero-order valence-corrected chi connectivity index (χ0v) is 20.5. The van der Waals surface area contributed by atoms with Crippen LogP contribution in [0.4, 0.5) is 5.82 Å². The number of fused-ring (bicyclic) bond motifs is 1. The van der Waals surface area contributed by atoms with Crippen LogP contribution >= 0.6 is 0 Å². The standard InChI is InChI=1S/C26H24N10O/c1-32-15-21(13-29-32)19-9-23(25-20(10-27)12-31-36(25)17-19)18-3-4-24(28-11-18)34-5-7-35(8-6-34)26(37)22-14-30-33(2)16-22/h3-4,9,11-17H,5-8H2,1-2H3. The summed E-state index contributed by atoms with van der Waals surface area (Å²) < 4.78 is 5.13. The van der Waals surface area contributed by atoms with E-state index in [2.05, 4.69) is 26.3 Å². The topological polar surface area (TPSA) is 113 Å². The van der Waals surface area contributed by atoms with Gasteiger partial charge in [-0.05, 0) is 18.2 Å². The summed E-state index contributed by atoms with van der Waals surface area (Å²) in [5.74, 6) is 0.855. The Morgan fingerprint density at radius 3 is 2.30 bits per heavy atom. The minimum absolute atomic E-state index is 0.00248. The minimum atomic E-state index is 0.00248. The summed E-state index contributed by atoms with van der Waals surface area (Å²) in [6.45, 7) is 2.62. The van der Waals surface area contributed by atoms with E-state index < -0.39 is 0 Å². The Bertz CT molecular complexity index is 1640. The molecular weight excluding hydrogens is 468 g/mol. The Labute approximate surface area is 212 Å². The third kappa shape index (κ3) is 4.08. The van der Waals surface area contributed by atoms with Gasteiger partial charge in [-0.15, -0.1) is 0 Å². The smallest absolute Gasteiger partial charge is 0.257 e. The predicted molar refractivity (Wildman–Crippen MR) is 137 cm³/mol. The van der Waals surface area contributed by atoms with Gasteiger partial charge in [0.05, 0.1) is 35.2 Å². The number of hydrogen-bond acceptors (Lipinski definition) is 7. The molecule has 11 nitrogen and oxygen atoms in total. The molecule has 1 saturated heterocycles. The van der Waals surface area contributed by atoms with E-state index in [1.165, 1.54) is 0 Å². The van der Waals surface area contributed by atoms with Gasteiger partial charge in [0, 0.05) is 87.3 Å². The van der Waals surface area contributed by atoms with E-state index in [0.717, 1.165) is 33.6 Å². The summed E-state index contributed by atoms with van der Waals surface area (Å²) in [5, 5.41) is 22.4.